The molecule has 0 saturated carbocycles. The van der Waals surface area contributed by atoms with Crippen molar-refractivity contribution in [1.82, 2.24) is 19.4 Å². The SMILES string of the molecule is CCN1CCC[C@H](Cn2c(-c3ccccc3C)nc3ccc(Oc4ncccc4Cl)cc3c2=O)C1. The van der Waals surface area contributed by atoms with Gasteiger partial charge in [-0.05, 0) is 74.7 Å². The smallest absolute Gasteiger partial charge is 0.261 e. The molecule has 180 valence electrons. The molecule has 1 saturated heterocycles. The summed E-state index contributed by atoms with van der Waals surface area (Å²) in [6.07, 6.45) is 3.88. The van der Waals surface area contributed by atoms with Crippen molar-refractivity contribution in [3.05, 3.63) is 81.7 Å². The zero-order chi connectivity index (χ0) is 24.4. The number of rotatable bonds is 6. The number of nitrogens with zero attached hydrogens (tertiary/aromatic N) is 4. The van der Waals surface area contributed by atoms with E-state index in [-0.39, 0.29) is 5.56 Å². The third kappa shape index (κ3) is 4.95. The van der Waals surface area contributed by atoms with Crippen molar-refractivity contribution in [2.45, 2.75) is 33.2 Å². The van der Waals surface area contributed by atoms with Crippen molar-refractivity contribution in [3.8, 4) is 23.0 Å². The molecule has 0 unspecified atom stereocenters. The van der Waals surface area contributed by atoms with Crippen LogP contribution in [0.25, 0.3) is 22.3 Å². The van der Waals surface area contributed by atoms with E-state index in [0.717, 1.165) is 49.4 Å². The predicted molar refractivity (Wildman–Crippen MR) is 140 cm³/mol. The lowest BCUT2D eigenvalue weighted by atomic mass is 9.97. The number of fused-ring (bicyclic) bond motifs is 1. The topological polar surface area (TPSA) is 60.3 Å². The first-order valence-corrected chi connectivity index (χ1v) is 12.5. The van der Waals surface area contributed by atoms with Crippen LogP contribution < -0.4 is 10.3 Å². The average Bonchev–Trinajstić information content (AvgIpc) is 2.88. The molecule has 5 rings (SSSR count). The molecule has 0 amide bonds. The number of ether oxygens (including phenoxy) is 1. The Labute approximate surface area is 210 Å². The van der Waals surface area contributed by atoms with Gasteiger partial charge in [-0.3, -0.25) is 9.36 Å². The Balaban J connectivity index is 1.61. The number of hydrogen-bond acceptors (Lipinski definition) is 5. The second kappa shape index (κ2) is 10.2. The van der Waals surface area contributed by atoms with Crippen LogP contribution in [0.15, 0.2) is 65.6 Å². The zero-order valence-corrected chi connectivity index (χ0v) is 20.8. The molecule has 0 spiro atoms. The molecule has 7 heteroatoms. The van der Waals surface area contributed by atoms with Crippen LogP contribution in [-0.4, -0.2) is 39.1 Å². The Kier molecular flexibility index (Phi) is 6.84. The molecule has 3 heterocycles. The van der Waals surface area contributed by atoms with Crippen molar-refractivity contribution < 1.29 is 4.74 Å². The van der Waals surface area contributed by atoms with Gasteiger partial charge in [0.1, 0.15) is 16.6 Å². The van der Waals surface area contributed by atoms with Crippen molar-refractivity contribution in [1.29, 1.82) is 0 Å². The van der Waals surface area contributed by atoms with Crippen molar-refractivity contribution in [2.75, 3.05) is 19.6 Å². The summed E-state index contributed by atoms with van der Waals surface area (Å²) < 4.78 is 7.77. The van der Waals surface area contributed by atoms with Gasteiger partial charge in [-0.15, -0.1) is 0 Å². The fourth-order valence-corrected chi connectivity index (χ4v) is 5.03. The van der Waals surface area contributed by atoms with Crippen molar-refractivity contribution >= 4 is 22.5 Å². The lowest BCUT2D eigenvalue weighted by Gasteiger charge is -2.32. The van der Waals surface area contributed by atoms with Gasteiger partial charge in [0, 0.05) is 24.8 Å². The first-order chi connectivity index (χ1) is 17.0. The number of pyridine rings is 1. The molecule has 2 aromatic heterocycles. The number of piperidine rings is 1. The normalized spacial score (nSPS) is 16.5. The second-order valence-corrected chi connectivity index (χ2v) is 9.55. The fraction of sp³-hybridized carbons (Fsp3) is 0.321. The molecular formula is C28H29ClN4O2. The molecule has 2 aromatic carbocycles. The minimum absolute atomic E-state index is 0.0561. The quantitative estimate of drug-likeness (QED) is 0.336. The zero-order valence-electron chi connectivity index (χ0n) is 20.1. The van der Waals surface area contributed by atoms with E-state index >= 15 is 0 Å². The largest absolute Gasteiger partial charge is 0.438 e. The van der Waals surface area contributed by atoms with E-state index in [1.165, 1.54) is 0 Å². The van der Waals surface area contributed by atoms with E-state index < -0.39 is 0 Å². The standard InChI is InChI=1S/C28H29ClN4O2/c1-3-32-15-7-9-20(17-32)18-33-26(22-10-5-4-8-19(22)2)31-25-13-12-21(16-23(25)28(33)34)35-27-24(29)11-6-14-30-27/h4-6,8,10-14,16,20H,3,7,9,15,17-18H2,1-2H3/t20-/m0/s1. The molecule has 1 atom stereocenters. The number of halogens is 1. The Bertz CT molecular complexity index is 1420. The van der Waals surface area contributed by atoms with Gasteiger partial charge in [-0.1, -0.05) is 42.8 Å². The van der Waals surface area contributed by atoms with Crippen LogP contribution in [0.3, 0.4) is 0 Å². The highest BCUT2D eigenvalue weighted by Gasteiger charge is 2.23. The molecule has 1 aliphatic rings. The number of aryl methyl sites for hydroxylation is 1. The van der Waals surface area contributed by atoms with Gasteiger partial charge >= 0.3 is 0 Å². The maximum Gasteiger partial charge on any atom is 0.261 e. The van der Waals surface area contributed by atoms with Gasteiger partial charge in [0.05, 0.1) is 10.9 Å². The Morgan fingerprint density at radius 1 is 1.14 bits per heavy atom. The molecule has 0 radical (unpaired) electrons. The molecular weight excluding hydrogens is 460 g/mol. The molecule has 1 fully saturated rings. The van der Waals surface area contributed by atoms with Crippen LogP contribution in [0.5, 0.6) is 11.6 Å². The number of benzene rings is 2. The monoisotopic (exact) mass is 488 g/mol. The van der Waals surface area contributed by atoms with Crippen LogP contribution in [0, 0.1) is 12.8 Å². The number of hydrogen-bond donors (Lipinski definition) is 0. The van der Waals surface area contributed by atoms with Gasteiger partial charge < -0.3 is 9.64 Å². The van der Waals surface area contributed by atoms with E-state index in [1.54, 1.807) is 30.5 Å². The number of likely N-dealkylation sites (tertiary alicyclic amines) is 1. The van der Waals surface area contributed by atoms with Crippen molar-refractivity contribution in [3.63, 3.8) is 0 Å². The maximum atomic E-state index is 13.9. The van der Waals surface area contributed by atoms with E-state index in [9.17, 15) is 4.79 Å². The maximum absolute atomic E-state index is 13.9. The molecule has 35 heavy (non-hydrogen) atoms. The van der Waals surface area contributed by atoms with Gasteiger partial charge in [-0.2, -0.15) is 0 Å². The average molecular weight is 489 g/mol. The fourth-order valence-electron chi connectivity index (χ4n) is 4.87. The molecule has 6 nitrogen and oxygen atoms in total. The summed E-state index contributed by atoms with van der Waals surface area (Å²) >= 11 is 6.21. The second-order valence-electron chi connectivity index (χ2n) is 9.14. The summed E-state index contributed by atoms with van der Waals surface area (Å²) in [4.78, 5) is 25.6. The summed E-state index contributed by atoms with van der Waals surface area (Å²) in [5.74, 6) is 1.92. The highest BCUT2D eigenvalue weighted by Crippen LogP contribution is 2.30. The lowest BCUT2D eigenvalue weighted by Crippen LogP contribution is -2.38. The minimum atomic E-state index is -0.0561. The van der Waals surface area contributed by atoms with Gasteiger partial charge in [0.2, 0.25) is 5.88 Å². The summed E-state index contributed by atoms with van der Waals surface area (Å²) in [6, 6.07) is 16.9. The summed E-state index contributed by atoms with van der Waals surface area (Å²) in [7, 11) is 0. The Morgan fingerprint density at radius 2 is 2.00 bits per heavy atom. The van der Waals surface area contributed by atoms with E-state index in [2.05, 4.69) is 29.8 Å². The molecule has 0 N–H and O–H groups in total. The van der Waals surface area contributed by atoms with Crippen LogP contribution in [0.2, 0.25) is 5.02 Å². The van der Waals surface area contributed by atoms with E-state index in [0.29, 0.717) is 40.0 Å². The molecule has 1 aliphatic heterocycles. The molecule has 0 bridgehead atoms. The number of aromatic nitrogens is 3. The highest BCUT2D eigenvalue weighted by molar-refractivity contribution is 6.31. The third-order valence-electron chi connectivity index (χ3n) is 6.74. The van der Waals surface area contributed by atoms with Crippen LogP contribution >= 0.6 is 11.6 Å². The summed E-state index contributed by atoms with van der Waals surface area (Å²) in [5, 5.41) is 0.936. The molecule has 4 aromatic rings. The predicted octanol–water partition coefficient (Wildman–Crippen LogP) is 5.94. The van der Waals surface area contributed by atoms with E-state index in [4.69, 9.17) is 21.3 Å². The Morgan fingerprint density at radius 3 is 2.80 bits per heavy atom. The van der Waals surface area contributed by atoms with Crippen molar-refractivity contribution in [2.24, 2.45) is 5.92 Å². The van der Waals surface area contributed by atoms with Gasteiger partial charge in [-0.25, -0.2) is 9.97 Å². The highest BCUT2D eigenvalue weighted by atomic mass is 35.5. The van der Waals surface area contributed by atoms with E-state index in [1.807, 2.05) is 28.8 Å². The lowest BCUT2D eigenvalue weighted by molar-refractivity contribution is 0.169. The van der Waals surface area contributed by atoms with Crippen LogP contribution in [0.1, 0.15) is 25.3 Å². The first kappa shape index (κ1) is 23.5. The Hall–Kier alpha value is -3.22. The van der Waals surface area contributed by atoms with Crippen LogP contribution in [0.4, 0.5) is 0 Å². The third-order valence-corrected chi connectivity index (χ3v) is 7.03. The van der Waals surface area contributed by atoms with Crippen LogP contribution in [-0.2, 0) is 6.54 Å². The molecule has 0 aliphatic carbocycles. The summed E-state index contributed by atoms with van der Waals surface area (Å²) in [6.45, 7) is 8.04. The minimum Gasteiger partial charge on any atom is -0.438 e. The van der Waals surface area contributed by atoms with Gasteiger partial charge in [0.25, 0.3) is 5.56 Å². The summed E-state index contributed by atoms with van der Waals surface area (Å²) in [5.41, 5.74) is 2.66. The first-order valence-electron chi connectivity index (χ1n) is 12.1. The van der Waals surface area contributed by atoms with Gasteiger partial charge in [0.15, 0.2) is 0 Å².